The Balaban J connectivity index is 1.60. The molecule has 0 aromatic heterocycles. The first-order valence-corrected chi connectivity index (χ1v) is 6.53. The van der Waals surface area contributed by atoms with E-state index in [0.29, 0.717) is 6.61 Å². The van der Waals surface area contributed by atoms with Crippen LogP contribution in [0.1, 0.15) is 6.42 Å². The molecule has 1 aromatic carbocycles. The van der Waals surface area contributed by atoms with Crippen LogP contribution < -0.4 is 4.74 Å². The van der Waals surface area contributed by atoms with Crippen LogP contribution in [0.15, 0.2) is 24.3 Å². The van der Waals surface area contributed by atoms with Crippen LogP contribution in [-0.4, -0.2) is 56.2 Å². The van der Waals surface area contributed by atoms with Crippen LogP contribution in [0.4, 0.5) is 4.39 Å². The van der Waals surface area contributed by atoms with E-state index in [2.05, 4.69) is 16.8 Å². The normalized spacial score (nSPS) is 17.9. The molecule has 0 saturated carbocycles. The van der Waals surface area contributed by atoms with Gasteiger partial charge in [-0.05, 0) is 37.7 Å². The first kappa shape index (κ1) is 13.3. The summed E-state index contributed by atoms with van der Waals surface area (Å²) in [7, 11) is 2.16. The standard InChI is InChI=1S/C14H21FN2O/c1-16-8-10-17(11-9-16)7-2-12-18-14-5-3-13(15)4-6-14/h3-6H,2,7-12H2,1H3. The van der Waals surface area contributed by atoms with Gasteiger partial charge in [0.15, 0.2) is 0 Å². The maximum Gasteiger partial charge on any atom is 0.123 e. The smallest absolute Gasteiger partial charge is 0.123 e. The molecule has 1 saturated heterocycles. The molecule has 0 radical (unpaired) electrons. The Morgan fingerprint density at radius 1 is 1.11 bits per heavy atom. The fourth-order valence-electron chi connectivity index (χ4n) is 2.08. The molecular formula is C14H21FN2O. The number of likely N-dealkylation sites (N-methyl/N-ethyl adjacent to an activating group) is 1. The molecule has 1 aliphatic rings. The van der Waals surface area contributed by atoms with Gasteiger partial charge in [-0.2, -0.15) is 0 Å². The van der Waals surface area contributed by atoms with E-state index in [-0.39, 0.29) is 5.82 Å². The van der Waals surface area contributed by atoms with Crippen molar-refractivity contribution in [3.05, 3.63) is 30.1 Å². The van der Waals surface area contributed by atoms with Gasteiger partial charge in [-0.1, -0.05) is 0 Å². The molecule has 1 aromatic rings. The molecular weight excluding hydrogens is 231 g/mol. The molecule has 0 N–H and O–H groups in total. The first-order chi connectivity index (χ1) is 8.74. The molecule has 0 unspecified atom stereocenters. The van der Waals surface area contributed by atoms with Crippen LogP contribution in [0.2, 0.25) is 0 Å². The molecule has 1 heterocycles. The zero-order valence-corrected chi connectivity index (χ0v) is 10.9. The lowest BCUT2D eigenvalue weighted by atomic mass is 10.3. The highest BCUT2D eigenvalue weighted by atomic mass is 19.1. The summed E-state index contributed by atoms with van der Waals surface area (Å²) in [4.78, 5) is 4.82. The fraction of sp³-hybridized carbons (Fsp3) is 0.571. The molecule has 2 rings (SSSR count). The van der Waals surface area contributed by atoms with Gasteiger partial charge in [-0.15, -0.1) is 0 Å². The molecule has 18 heavy (non-hydrogen) atoms. The Bertz CT molecular complexity index is 347. The number of halogens is 1. The summed E-state index contributed by atoms with van der Waals surface area (Å²) >= 11 is 0. The maximum atomic E-state index is 12.7. The van der Waals surface area contributed by atoms with Crippen molar-refractivity contribution in [2.24, 2.45) is 0 Å². The lowest BCUT2D eigenvalue weighted by molar-refractivity contribution is 0.145. The Kier molecular flexibility index (Phi) is 4.96. The molecule has 3 nitrogen and oxygen atoms in total. The highest BCUT2D eigenvalue weighted by molar-refractivity contribution is 5.21. The maximum absolute atomic E-state index is 12.7. The van der Waals surface area contributed by atoms with Crippen molar-refractivity contribution in [2.75, 3.05) is 46.4 Å². The molecule has 4 heteroatoms. The molecule has 0 amide bonds. The Morgan fingerprint density at radius 2 is 1.78 bits per heavy atom. The van der Waals surface area contributed by atoms with E-state index < -0.39 is 0 Å². The van der Waals surface area contributed by atoms with Gasteiger partial charge >= 0.3 is 0 Å². The number of hydrogen-bond donors (Lipinski definition) is 0. The molecule has 1 fully saturated rings. The van der Waals surface area contributed by atoms with Gasteiger partial charge in [-0.25, -0.2) is 4.39 Å². The van der Waals surface area contributed by atoms with Crippen LogP contribution in [0.5, 0.6) is 5.75 Å². The average molecular weight is 252 g/mol. The second-order valence-electron chi connectivity index (χ2n) is 4.80. The van der Waals surface area contributed by atoms with Gasteiger partial charge in [0.05, 0.1) is 6.61 Å². The van der Waals surface area contributed by atoms with Crippen molar-refractivity contribution in [3.63, 3.8) is 0 Å². The molecule has 0 spiro atoms. The number of hydrogen-bond acceptors (Lipinski definition) is 3. The topological polar surface area (TPSA) is 15.7 Å². The van der Waals surface area contributed by atoms with E-state index in [0.717, 1.165) is 44.9 Å². The van der Waals surface area contributed by atoms with E-state index in [1.165, 1.54) is 12.1 Å². The van der Waals surface area contributed by atoms with E-state index in [9.17, 15) is 4.39 Å². The zero-order valence-electron chi connectivity index (χ0n) is 10.9. The third kappa shape index (κ3) is 4.27. The highest BCUT2D eigenvalue weighted by Crippen LogP contribution is 2.11. The molecule has 100 valence electrons. The summed E-state index contributed by atoms with van der Waals surface area (Å²) in [5, 5.41) is 0. The molecule has 1 aliphatic heterocycles. The zero-order chi connectivity index (χ0) is 12.8. The van der Waals surface area contributed by atoms with Gasteiger partial charge in [0.2, 0.25) is 0 Å². The minimum atomic E-state index is -0.222. The monoisotopic (exact) mass is 252 g/mol. The summed E-state index contributed by atoms with van der Waals surface area (Å²) in [5.74, 6) is 0.523. The number of ether oxygens (including phenoxy) is 1. The van der Waals surface area contributed by atoms with Crippen LogP contribution in [0, 0.1) is 5.82 Å². The third-order valence-electron chi connectivity index (χ3n) is 3.30. The van der Waals surface area contributed by atoms with E-state index in [4.69, 9.17) is 4.74 Å². The summed E-state index contributed by atoms with van der Waals surface area (Å²) in [6.45, 7) is 6.37. The predicted molar refractivity (Wildman–Crippen MR) is 70.4 cm³/mol. The van der Waals surface area contributed by atoms with Crippen molar-refractivity contribution >= 4 is 0 Å². The van der Waals surface area contributed by atoms with Crippen molar-refractivity contribution in [1.82, 2.24) is 9.80 Å². The van der Waals surface area contributed by atoms with Crippen LogP contribution in [0.25, 0.3) is 0 Å². The number of benzene rings is 1. The summed E-state index contributed by atoms with van der Waals surface area (Å²) < 4.78 is 18.3. The van der Waals surface area contributed by atoms with Crippen LogP contribution in [-0.2, 0) is 0 Å². The quantitative estimate of drug-likeness (QED) is 0.744. The lowest BCUT2D eigenvalue weighted by Crippen LogP contribution is -2.44. The second kappa shape index (κ2) is 6.71. The van der Waals surface area contributed by atoms with Gasteiger partial charge in [0.1, 0.15) is 11.6 Å². The Labute approximate surface area is 108 Å². The number of piperazine rings is 1. The van der Waals surface area contributed by atoms with Crippen molar-refractivity contribution < 1.29 is 9.13 Å². The average Bonchev–Trinajstić information content (AvgIpc) is 2.39. The Morgan fingerprint density at radius 3 is 2.44 bits per heavy atom. The fourth-order valence-corrected chi connectivity index (χ4v) is 2.08. The van der Waals surface area contributed by atoms with Gasteiger partial charge < -0.3 is 14.5 Å². The lowest BCUT2D eigenvalue weighted by Gasteiger charge is -2.32. The minimum absolute atomic E-state index is 0.222. The van der Waals surface area contributed by atoms with Crippen molar-refractivity contribution in [1.29, 1.82) is 0 Å². The van der Waals surface area contributed by atoms with Crippen molar-refractivity contribution in [2.45, 2.75) is 6.42 Å². The van der Waals surface area contributed by atoms with Gasteiger partial charge in [0, 0.05) is 32.7 Å². The number of rotatable bonds is 5. The number of nitrogens with zero attached hydrogens (tertiary/aromatic N) is 2. The molecule has 0 aliphatic carbocycles. The summed E-state index contributed by atoms with van der Waals surface area (Å²) in [6.07, 6.45) is 1.01. The highest BCUT2D eigenvalue weighted by Gasteiger charge is 2.12. The molecule has 0 atom stereocenters. The van der Waals surface area contributed by atoms with Crippen molar-refractivity contribution in [3.8, 4) is 5.75 Å². The summed E-state index contributed by atoms with van der Waals surface area (Å²) in [6, 6.07) is 6.20. The SMILES string of the molecule is CN1CCN(CCCOc2ccc(F)cc2)CC1. The van der Waals surface area contributed by atoms with Crippen LogP contribution in [0.3, 0.4) is 0 Å². The summed E-state index contributed by atoms with van der Waals surface area (Å²) in [5.41, 5.74) is 0. The molecule has 0 bridgehead atoms. The van der Waals surface area contributed by atoms with Gasteiger partial charge in [0.25, 0.3) is 0 Å². The Hall–Kier alpha value is -1.13. The van der Waals surface area contributed by atoms with E-state index in [1.54, 1.807) is 12.1 Å². The van der Waals surface area contributed by atoms with Gasteiger partial charge in [-0.3, -0.25) is 0 Å². The van der Waals surface area contributed by atoms with Crippen LogP contribution >= 0.6 is 0 Å². The third-order valence-corrected chi connectivity index (χ3v) is 3.30. The largest absolute Gasteiger partial charge is 0.494 e. The second-order valence-corrected chi connectivity index (χ2v) is 4.80. The first-order valence-electron chi connectivity index (χ1n) is 6.53. The minimum Gasteiger partial charge on any atom is -0.494 e. The predicted octanol–water partition coefficient (Wildman–Crippen LogP) is 1.84. The van der Waals surface area contributed by atoms with E-state index in [1.807, 2.05) is 0 Å². The van der Waals surface area contributed by atoms with E-state index >= 15 is 0 Å².